The molecule has 4 rings (SSSR count). The van der Waals surface area contributed by atoms with E-state index >= 15 is 0 Å². The number of benzene rings is 3. The minimum Gasteiger partial charge on any atom is -0.489 e. The highest BCUT2D eigenvalue weighted by atomic mass is 16.5. The topological polar surface area (TPSA) is 60.2 Å². The zero-order valence-electron chi connectivity index (χ0n) is 16.5. The van der Waals surface area contributed by atoms with Gasteiger partial charge in [0.25, 0.3) is 0 Å². The molecule has 1 atom stereocenters. The summed E-state index contributed by atoms with van der Waals surface area (Å²) in [5.41, 5.74) is 5.47. The molecule has 0 saturated heterocycles. The molecular formula is C24H23N3O2. The van der Waals surface area contributed by atoms with Gasteiger partial charge in [0.1, 0.15) is 24.8 Å². The van der Waals surface area contributed by atoms with Gasteiger partial charge in [-0.25, -0.2) is 0 Å². The number of nitrogens with zero attached hydrogens (tertiary/aromatic N) is 3. The summed E-state index contributed by atoms with van der Waals surface area (Å²) < 4.78 is 7.64. The van der Waals surface area contributed by atoms with E-state index in [0.29, 0.717) is 12.4 Å². The lowest BCUT2D eigenvalue weighted by Gasteiger charge is -2.12. The van der Waals surface area contributed by atoms with Crippen LogP contribution >= 0.6 is 0 Å². The van der Waals surface area contributed by atoms with Gasteiger partial charge in [-0.3, -0.25) is 0 Å². The van der Waals surface area contributed by atoms with Gasteiger partial charge in [-0.2, -0.15) is 0 Å². The molecule has 3 aromatic carbocycles. The summed E-state index contributed by atoms with van der Waals surface area (Å²) in [5, 5.41) is 18.2. The van der Waals surface area contributed by atoms with Crippen LogP contribution in [0.3, 0.4) is 0 Å². The third-order valence-corrected chi connectivity index (χ3v) is 4.90. The maximum atomic E-state index is 10.5. The van der Waals surface area contributed by atoms with E-state index in [-0.39, 0.29) is 0 Å². The minimum atomic E-state index is -0.817. The molecule has 29 heavy (non-hydrogen) atoms. The second kappa shape index (κ2) is 8.29. The first kappa shape index (κ1) is 18.9. The Bertz CT molecular complexity index is 1090. The molecule has 0 aliphatic heterocycles. The fourth-order valence-electron chi connectivity index (χ4n) is 3.19. The number of ether oxygens (including phenoxy) is 1. The van der Waals surface area contributed by atoms with Crippen molar-refractivity contribution in [2.45, 2.75) is 19.6 Å². The molecule has 146 valence electrons. The molecule has 4 aromatic rings. The van der Waals surface area contributed by atoms with Crippen LogP contribution in [0.4, 0.5) is 0 Å². The molecule has 1 N–H and O–H groups in total. The zero-order valence-corrected chi connectivity index (χ0v) is 16.5. The van der Waals surface area contributed by atoms with Crippen molar-refractivity contribution in [3.8, 4) is 16.9 Å². The van der Waals surface area contributed by atoms with Crippen LogP contribution in [0.5, 0.6) is 5.75 Å². The maximum absolute atomic E-state index is 10.5. The van der Waals surface area contributed by atoms with E-state index < -0.39 is 6.10 Å². The number of aliphatic hydroxyl groups is 1. The molecule has 5 heteroatoms. The smallest absolute Gasteiger partial charge is 0.166 e. The van der Waals surface area contributed by atoms with E-state index in [4.69, 9.17) is 4.74 Å². The fourth-order valence-corrected chi connectivity index (χ4v) is 3.19. The van der Waals surface area contributed by atoms with Crippen LogP contribution in [0.1, 0.15) is 28.6 Å². The van der Waals surface area contributed by atoms with Crippen molar-refractivity contribution in [1.82, 2.24) is 14.8 Å². The Morgan fingerprint density at radius 2 is 1.72 bits per heavy atom. The number of hydrogen-bond acceptors (Lipinski definition) is 4. The van der Waals surface area contributed by atoms with Crippen molar-refractivity contribution in [2.75, 3.05) is 0 Å². The Balaban J connectivity index is 1.42. The maximum Gasteiger partial charge on any atom is 0.166 e. The second-order valence-corrected chi connectivity index (χ2v) is 7.13. The summed E-state index contributed by atoms with van der Waals surface area (Å²) in [6.07, 6.45) is 0.753. The molecule has 5 nitrogen and oxygen atoms in total. The molecule has 0 amide bonds. The van der Waals surface area contributed by atoms with E-state index in [9.17, 15) is 5.11 Å². The Labute approximate surface area is 170 Å². The van der Waals surface area contributed by atoms with Crippen LogP contribution in [-0.4, -0.2) is 19.9 Å². The minimum absolute atomic E-state index is 0.477. The second-order valence-electron chi connectivity index (χ2n) is 7.13. The average Bonchev–Trinajstić information content (AvgIpc) is 3.19. The molecule has 0 fully saturated rings. The largest absolute Gasteiger partial charge is 0.489 e. The highest BCUT2D eigenvalue weighted by molar-refractivity contribution is 5.64. The van der Waals surface area contributed by atoms with Crippen molar-refractivity contribution in [3.63, 3.8) is 0 Å². The summed E-state index contributed by atoms with van der Waals surface area (Å²) in [4.78, 5) is 0. The predicted octanol–water partition coefficient (Wildman–Crippen LogP) is 4.45. The van der Waals surface area contributed by atoms with Gasteiger partial charge in [0.05, 0.1) is 0 Å². The number of aryl methyl sites for hydroxylation is 2. The first-order chi connectivity index (χ1) is 14.1. The zero-order chi connectivity index (χ0) is 20.2. The summed E-state index contributed by atoms with van der Waals surface area (Å²) in [6, 6.07) is 24.3. The monoisotopic (exact) mass is 385 g/mol. The number of aliphatic hydroxyl groups excluding tert-OH is 1. The summed E-state index contributed by atoms with van der Waals surface area (Å²) in [7, 11) is 1.81. The summed E-state index contributed by atoms with van der Waals surface area (Å²) >= 11 is 0. The van der Waals surface area contributed by atoms with Crippen molar-refractivity contribution in [3.05, 3.63) is 102 Å². The highest BCUT2D eigenvalue weighted by Crippen LogP contribution is 2.24. The van der Waals surface area contributed by atoms with Gasteiger partial charge in [-0.15, -0.1) is 10.2 Å². The number of aromatic nitrogens is 3. The lowest BCUT2D eigenvalue weighted by molar-refractivity contribution is 0.205. The van der Waals surface area contributed by atoms with E-state index in [1.165, 1.54) is 16.7 Å². The van der Waals surface area contributed by atoms with Crippen molar-refractivity contribution >= 4 is 0 Å². The molecule has 0 aliphatic rings. The SMILES string of the molecule is Cc1ccc(-c2cccc(COc3ccc(C(O)c4nncn4C)cc3)c2)cc1. The third kappa shape index (κ3) is 4.36. The molecule has 0 saturated carbocycles. The van der Waals surface area contributed by atoms with E-state index in [0.717, 1.165) is 16.9 Å². The van der Waals surface area contributed by atoms with Crippen molar-refractivity contribution < 1.29 is 9.84 Å². The quantitative estimate of drug-likeness (QED) is 0.533. The Morgan fingerprint density at radius 3 is 2.41 bits per heavy atom. The van der Waals surface area contributed by atoms with Gasteiger partial charge in [-0.1, -0.05) is 60.2 Å². The Kier molecular flexibility index (Phi) is 5.40. The van der Waals surface area contributed by atoms with Crippen LogP contribution in [0.2, 0.25) is 0 Å². The summed E-state index contributed by atoms with van der Waals surface area (Å²) in [6.45, 7) is 2.57. The molecule has 0 radical (unpaired) electrons. The molecule has 0 aliphatic carbocycles. The lowest BCUT2D eigenvalue weighted by Crippen LogP contribution is -2.07. The third-order valence-electron chi connectivity index (χ3n) is 4.90. The van der Waals surface area contributed by atoms with Gasteiger partial charge in [0.15, 0.2) is 5.82 Å². The molecule has 1 aromatic heterocycles. The average molecular weight is 385 g/mol. The Morgan fingerprint density at radius 1 is 0.966 bits per heavy atom. The molecule has 1 heterocycles. The molecule has 1 unspecified atom stereocenters. The highest BCUT2D eigenvalue weighted by Gasteiger charge is 2.15. The number of hydrogen-bond donors (Lipinski definition) is 1. The van der Waals surface area contributed by atoms with Gasteiger partial charge < -0.3 is 14.4 Å². The predicted molar refractivity (Wildman–Crippen MR) is 112 cm³/mol. The van der Waals surface area contributed by atoms with Crippen LogP contribution < -0.4 is 4.74 Å². The van der Waals surface area contributed by atoms with Crippen molar-refractivity contribution in [2.24, 2.45) is 7.05 Å². The summed E-state index contributed by atoms with van der Waals surface area (Å²) in [5.74, 6) is 1.26. The molecular weight excluding hydrogens is 362 g/mol. The van der Waals surface area contributed by atoms with Crippen LogP contribution in [0.15, 0.2) is 79.1 Å². The molecule has 0 bridgehead atoms. The van der Waals surface area contributed by atoms with Crippen LogP contribution in [0.25, 0.3) is 11.1 Å². The normalized spacial score (nSPS) is 12.0. The number of rotatable bonds is 6. The molecule has 0 spiro atoms. The first-order valence-electron chi connectivity index (χ1n) is 9.51. The standard InChI is InChI=1S/C24H23N3O2/c1-17-6-8-19(9-7-17)21-5-3-4-18(14-21)15-29-22-12-10-20(11-13-22)23(28)24-26-25-16-27(24)2/h3-14,16,23,28H,15H2,1-2H3. The fraction of sp³-hybridized carbons (Fsp3) is 0.167. The van der Waals surface area contributed by atoms with E-state index in [1.807, 2.05) is 30.3 Å². The lowest BCUT2D eigenvalue weighted by atomic mass is 10.0. The van der Waals surface area contributed by atoms with Crippen molar-refractivity contribution in [1.29, 1.82) is 0 Å². The van der Waals surface area contributed by atoms with Crippen LogP contribution in [-0.2, 0) is 13.7 Å². The van der Waals surface area contributed by atoms with E-state index in [1.54, 1.807) is 17.9 Å². The first-order valence-corrected chi connectivity index (χ1v) is 9.51. The van der Waals surface area contributed by atoms with Gasteiger partial charge in [0.2, 0.25) is 0 Å². The van der Waals surface area contributed by atoms with Gasteiger partial charge in [0, 0.05) is 7.05 Å². The van der Waals surface area contributed by atoms with E-state index in [2.05, 4.69) is 59.6 Å². The van der Waals surface area contributed by atoms with Gasteiger partial charge >= 0.3 is 0 Å². The van der Waals surface area contributed by atoms with Gasteiger partial charge in [-0.05, 0) is 47.4 Å². The van der Waals surface area contributed by atoms with Crippen LogP contribution in [0, 0.1) is 6.92 Å². The Hall–Kier alpha value is -3.44.